The molecule has 8 aromatic rings. The molecule has 0 saturated heterocycles. The molecule has 0 aliphatic carbocycles. The van der Waals surface area contributed by atoms with E-state index in [4.69, 9.17) is 0 Å². The molecule has 0 N–H and O–H groups in total. The van der Waals surface area contributed by atoms with Gasteiger partial charge in [0, 0.05) is 0 Å². The zero-order valence-corrected chi connectivity index (χ0v) is 26.1. The molecule has 210 valence electrons. The second-order valence-corrected chi connectivity index (χ2v) is 12.8. The summed E-state index contributed by atoms with van der Waals surface area (Å²) in [5, 5.41) is 10.6. The predicted molar refractivity (Wildman–Crippen MR) is 194 cm³/mol. The third kappa shape index (κ3) is 4.07. The fraction of sp³-hybridized carbons (Fsp3) is 0.116. The summed E-state index contributed by atoms with van der Waals surface area (Å²) in [6, 6.07) is 45.9. The molecule has 0 aromatic heterocycles. The standard InChI is InChI=1S/C43H35B/c1-26-13-21-39(28(3)23-26)44(43-29(4)24-27(2)25-30(43)5)40-22-17-33-15-19-37-36(18-14-32-16-20-38(40)42(33)41(32)37)35-12-8-10-31-9-6-7-11-34(31)35/h6-25H,1-5H3. The van der Waals surface area contributed by atoms with Crippen LogP contribution in [0.15, 0.2) is 121 Å². The van der Waals surface area contributed by atoms with E-state index in [-0.39, 0.29) is 6.71 Å². The van der Waals surface area contributed by atoms with Crippen molar-refractivity contribution in [3.63, 3.8) is 0 Å². The summed E-state index contributed by atoms with van der Waals surface area (Å²) in [4.78, 5) is 0. The molecule has 0 radical (unpaired) electrons. The van der Waals surface area contributed by atoms with E-state index in [1.165, 1.54) is 98.4 Å². The van der Waals surface area contributed by atoms with Crippen molar-refractivity contribution < 1.29 is 0 Å². The Labute approximate surface area is 260 Å². The number of hydrogen-bond acceptors (Lipinski definition) is 0. The average Bonchev–Trinajstić information content (AvgIpc) is 3.02. The van der Waals surface area contributed by atoms with Crippen LogP contribution in [0.1, 0.15) is 27.8 Å². The van der Waals surface area contributed by atoms with Crippen molar-refractivity contribution in [3.05, 3.63) is 149 Å². The van der Waals surface area contributed by atoms with Gasteiger partial charge < -0.3 is 0 Å². The Bertz CT molecular complexity index is 2360. The van der Waals surface area contributed by atoms with Crippen molar-refractivity contribution in [3.8, 4) is 11.1 Å². The number of aryl methyl sites for hydroxylation is 5. The van der Waals surface area contributed by atoms with Crippen molar-refractivity contribution in [1.29, 1.82) is 0 Å². The van der Waals surface area contributed by atoms with Gasteiger partial charge >= 0.3 is 0 Å². The summed E-state index contributed by atoms with van der Waals surface area (Å²) in [7, 11) is 0. The van der Waals surface area contributed by atoms with Crippen molar-refractivity contribution in [2.75, 3.05) is 0 Å². The molecule has 0 spiro atoms. The average molecular weight is 563 g/mol. The maximum absolute atomic E-state index is 2.40. The third-order valence-electron chi connectivity index (χ3n) is 9.85. The molecular weight excluding hydrogens is 527 g/mol. The number of benzene rings is 8. The molecule has 0 saturated carbocycles. The van der Waals surface area contributed by atoms with E-state index in [0.29, 0.717) is 0 Å². The van der Waals surface area contributed by atoms with Gasteiger partial charge in [-0.1, -0.05) is 166 Å². The molecular formula is C43H35B. The zero-order valence-electron chi connectivity index (χ0n) is 26.1. The van der Waals surface area contributed by atoms with E-state index in [9.17, 15) is 0 Å². The van der Waals surface area contributed by atoms with Crippen LogP contribution in [0.4, 0.5) is 0 Å². The Morgan fingerprint density at radius 3 is 1.75 bits per heavy atom. The lowest BCUT2D eigenvalue weighted by atomic mass is 9.34. The molecule has 8 rings (SSSR count). The van der Waals surface area contributed by atoms with Crippen LogP contribution in [0, 0.1) is 34.6 Å². The van der Waals surface area contributed by atoms with Crippen LogP contribution in [0.5, 0.6) is 0 Å². The van der Waals surface area contributed by atoms with Crippen LogP contribution in [0.3, 0.4) is 0 Å². The molecule has 0 aliphatic heterocycles. The van der Waals surface area contributed by atoms with E-state index < -0.39 is 0 Å². The van der Waals surface area contributed by atoms with Gasteiger partial charge in [-0.15, -0.1) is 0 Å². The zero-order chi connectivity index (χ0) is 30.1. The van der Waals surface area contributed by atoms with Crippen molar-refractivity contribution in [2.45, 2.75) is 34.6 Å². The summed E-state index contributed by atoms with van der Waals surface area (Å²) in [5.74, 6) is 0. The maximum atomic E-state index is 2.40. The SMILES string of the molecule is Cc1ccc(B(c2c(C)cc(C)cc2C)c2ccc3ccc4c(-c5cccc6ccccc56)ccc5ccc2c3c54)c(C)c1. The fourth-order valence-corrected chi connectivity index (χ4v) is 8.05. The summed E-state index contributed by atoms with van der Waals surface area (Å²) in [5.41, 5.74) is 13.5. The lowest BCUT2D eigenvalue weighted by Crippen LogP contribution is -2.55. The van der Waals surface area contributed by atoms with Gasteiger partial charge in [0.1, 0.15) is 0 Å². The van der Waals surface area contributed by atoms with Crippen LogP contribution >= 0.6 is 0 Å². The largest absolute Gasteiger partial charge is 0.243 e. The van der Waals surface area contributed by atoms with Gasteiger partial charge in [0.05, 0.1) is 0 Å². The van der Waals surface area contributed by atoms with E-state index >= 15 is 0 Å². The Balaban J connectivity index is 1.46. The summed E-state index contributed by atoms with van der Waals surface area (Å²) in [6.07, 6.45) is 0. The monoisotopic (exact) mass is 562 g/mol. The van der Waals surface area contributed by atoms with Crippen LogP contribution in [0.2, 0.25) is 0 Å². The van der Waals surface area contributed by atoms with Crippen LogP contribution in [-0.2, 0) is 0 Å². The molecule has 0 aliphatic rings. The van der Waals surface area contributed by atoms with Gasteiger partial charge in [0.15, 0.2) is 0 Å². The second kappa shape index (κ2) is 10.1. The molecule has 0 fully saturated rings. The first-order valence-electron chi connectivity index (χ1n) is 15.7. The van der Waals surface area contributed by atoms with Gasteiger partial charge in [-0.2, -0.15) is 0 Å². The van der Waals surface area contributed by atoms with Gasteiger partial charge in [0.2, 0.25) is 6.71 Å². The number of fused-ring (bicyclic) bond motifs is 1. The number of hydrogen-bond donors (Lipinski definition) is 0. The Morgan fingerprint density at radius 2 is 0.977 bits per heavy atom. The van der Waals surface area contributed by atoms with Gasteiger partial charge in [-0.3, -0.25) is 0 Å². The topological polar surface area (TPSA) is 0 Å². The first kappa shape index (κ1) is 26.7. The summed E-state index contributed by atoms with van der Waals surface area (Å²) in [6.45, 7) is 11.4. The van der Waals surface area contributed by atoms with Crippen molar-refractivity contribution in [1.82, 2.24) is 0 Å². The highest BCUT2D eigenvalue weighted by atomic mass is 14.2. The van der Waals surface area contributed by atoms with Crippen LogP contribution < -0.4 is 16.4 Å². The number of rotatable bonds is 4. The summed E-state index contributed by atoms with van der Waals surface area (Å²) < 4.78 is 0. The van der Waals surface area contributed by atoms with Crippen LogP contribution in [-0.4, -0.2) is 6.71 Å². The van der Waals surface area contributed by atoms with E-state index in [0.717, 1.165) is 0 Å². The first-order valence-corrected chi connectivity index (χ1v) is 15.7. The van der Waals surface area contributed by atoms with Gasteiger partial charge in [0.25, 0.3) is 0 Å². The molecule has 0 atom stereocenters. The third-order valence-corrected chi connectivity index (χ3v) is 9.85. The minimum Gasteiger partial charge on any atom is -0.0664 e. The quantitative estimate of drug-likeness (QED) is 0.148. The van der Waals surface area contributed by atoms with Gasteiger partial charge in [-0.05, 0) is 88.8 Å². The molecule has 44 heavy (non-hydrogen) atoms. The summed E-state index contributed by atoms with van der Waals surface area (Å²) >= 11 is 0. The maximum Gasteiger partial charge on any atom is 0.243 e. The van der Waals surface area contributed by atoms with Gasteiger partial charge in [-0.25, -0.2) is 0 Å². The van der Waals surface area contributed by atoms with E-state index in [2.05, 4.69) is 156 Å². The highest BCUT2D eigenvalue weighted by Gasteiger charge is 2.29. The lowest BCUT2D eigenvalue weighted by Gasteiger charge is -2.25. The Hall–Kier alpha value is -4.88. The lowest BCUT2D eigenvalue weighted by molar-refractivity contribution is 1.35. The normalized spacial score (nSPS) is 11.8. The predicted octanol–water partition coefficient (Wildman–Crippen LogP) is 9.46. The molecule has 0 amide bonds. The first-order chi connectivity index (χ1) is 21.4. The minimum atomic E-state index is 0.137. The highest BCUT2D eigenvalue weighted by Crippen LogP contribution is 2.40. The molecule has 0 bridgehead atoms. The van der Waals surface area contributed by atoms with Crippen molar-refractivity contribution >= 4 is 66.2 Å². The van der Waals surface area contributed by atoms with Crippen LogP contribution in [0.25, 0.3) is 54.2 Å². The Kier molecular flexibility index (Phi) is 6.14. The van der Waals surface area contributed by atoms with E-state index in [1.807, 2.05) is 0 Å². The van der Waals surface area contributed by atoms with Crippen molar-refractivity contribution in [2.24, 2.45) is 0 Å². The minimum absolute atomic E-state index is 0.137. The molecule has 0 unspecified atom stereocenters. The fourth-order valence-electron chi connectivity index (χ4n) is 8.05. The molecule has 0 nitrogen and oxygen atoms in total. The molecule has 8 aromatic carbocycles. The molecule has 1 heteroatoms. The Morgan fingerprint density at radius 1 is 0.386 bits per heavy atom. The molecule has 0 heterocycles. The highest BCUT2D eigenvalue weighted by molar-refractivity contribution is 6.97. The van der Waals surface area contributed by atoms with E-state index in [1.54, 1.807) is 0 Å². The second-order valence-electron chi connectivity index (χ2n) is 12.8. The smallest absolute Gasteiger partial charge is 0.0664 e.